The van der Waals surface area contributed by atoms with Gasteiger partial charge in [-0.25, -0.2) is 0 Å². The summed E-state index contributed by atoms with van der Waals surface area (Å²) in [5, 5.41) is 9.56. The van der Waals surface area contributed by atoms with Crippen LogP contribution in [0.5, 0.6) is 5.75 Å². The second-order valence-electron chi connectivity index (χ2n) is 3.39. The van der Waals surface area contributed by atoms with Crippen molar-refractivity contribution in [2.24, 2.45) is 0 Å². The zero-order valence-electron chi connectivity index (χ0n) is 8.90. The molecule has 1 aromatic rings. The zero-order valence-corrected chi connectivity index (χ0v) is 9.66. The van der Waals surface area contributed by atoms with Crippen LogP contribution in [-0.2, 0) is 0 Å². The van der Waals surface area contributed by atoms with Gasteiger partial charge in [-0.05, 0) is 32.1 Å². The summed E-state index contributed by atoms with van der Waals surface area (Å²) in [6.07, 6.45) is 1.17. The van der Waals surface area contributed by atoms with Gasteiger partial charge in [0.25, 0.3) is 0 Å². The van der Waals surface area contributed by atoms with Crippen molar-refractivity contribution in [1.82, 2.24) is 0 Å². The monoisotopic (exact) mass is 226 g/mol. The van der Waals surface area contributed by atoms with E-state index in [1.807, 2.05) is 25.1 Å². The maximum atomic E-state index is 9.56. The number of halogens is 1. The van der Waals surface area contributed by atoms with Crippen molar-refractivity contribution in [2.75, 3.05) is 6.61 Å². The first-order valence-corrected chi connectivity index (χ1v) is 5.25. The molecule has 0 fully saturated rings. The number of hydrogen-bond donors (Lipinski definition) is 1. The lowest BCUT2D eigenvalue weighted by Gasteiger charge is -2.13. The molecule has 1 aromatic carbocycles. The quantitative estimate of drug-likeness (QED) is 0.855. The Morgan fingerprint density at radius 1 is 1.53 bits per heavy atom. The van der Waals surface area contributed by atoms with Crippen LogP contribution >= 0.6 is 11.6 Å². The smallest absolute Gasteiger partial charge is 0.125 e. The lowest BCUT2D eigenvalue weighted by molar-refractivity contribution is 0.193. The molecule has 1 unspecified atom stereocenters. The molecule has 0 radical (unpaired) electrons. The van der Waals surface area contributed by atoms with Gasteiger partial charge in [-0.15, -0.1) is 0 Å². The minimum atomic E-state index is -0.528. The number of aryl methyl sites for hydroxylation is 1. The second kappa shape index (κ2) is 5.79. The van der Waals surface area contributed by atoms with E-state index in [-0.39, 0.29) is 0 Å². The Bertz CT molecular complexity index is 345. The first kappa shape index (κ1) is 12.1. The molecule has 82 valence electrons. The third kappa shape index (κ3) is 3.57. The molecule has 0 heterocycles. The van der Waals surface area contributed by atoms with E-state index in [0.29, 0.717) is 12.4 Å². The van der Waals surface area contributed by atoms with Gasteiger partial charge in [0, 0.05) is 11.1 Å². The minimum absolute atomic E-state index is 0.409. The Morgan fingerprint density at radius 2 is 2.27 bits per heavy atom. The average molecular weight is 227 g/mol. The van der Waals surface area contributed by atoms with E-state index in [1.165, 1.54) is 5.54 Å². The van der Waals surface area contributed by atoms with E-state index in [9.17, 15) is 5.11 Å². The molecule has 0 saturated heterocycles. The number of aliphatic hydroxyl groups is 1. The van der Waals surface area contributed by atoms with Crippen molar-refractivity contribution in [3.63, 3.8) is 0 Å². The van der Waals surface area contributed by atoms with Crippen molar-refractivity contribution >= 4 is 11.6 Å². The van der Waals surface area contributed by atoms with E-state index in [0.717, 1.165) is 11.1 Å². The topological polar surface area (TPSA) is 29.5 Å². The molecule has 0 bridgehead atoms. The number of rotatable bonds is 4. The van der Waals surface area contributed by atoms with Crippen LogP contribution in [0.1, 0.15) is 24.2 Å². The molecular formula is C12H15ClO2. The molecule has 0 saturated carbocycles. The largest absolute Gasteiger partial charge is 0.489 e. The van der Waals surface area contributed by atoms with E-state index in [1.54, 1.807) is 13.0 Å². The fraction of sp³-hybridized carbons (Fsp3) is 0.333. The third-order valence-electron chi connectivity index (χ3n) is 2.04. The highest BCUT2D eigenvalue weighted by atomic mass is 35.5. The molecule has 1 atom stereocenters. The third-order valence-corrected chi connectivity index (χ3v) is 2.22. The molecule has 0 amide bonds. The van der Waals surface area contributed by atoms with Crippen LogP contribution in [0.2, 0.25) is 0 Å². The van der Waals surface area contributed by atoms with Crippen LogP contribution in [0.4, 0.5) is 0 Å². The maximum Gasteiger partial charge on any atom is 0.125 e. The molecule has 0 aliphatic rings. The van der Waals surface area contributed by atoms with Crippen molar-refractivity contribution in [3.05, 3.63) is 40.9 Å². The Morgan fingerprint density at radius 3 is 2.87 bits per heavy atom. The number of hydrogen-bond acceptors (Lipinski definition) is 2. The Hall–Kier alpha value is -0.990. The predicted molar refractivity (Wildman–Crippen MR) is 62.3 cm³/mol. The van der Waals surface area contributed by atoms with Crippen molar-refractivity contribution in [2.45, 2.75) is 20.0 Å². The normalized spacial score (nSPS) is 13.1. The molecular weight excluding hydrogens is 212 g/mol. The van der Waals surface area contributed by atoms with E-state index in [2.05, 4.69) is 0 Å². The van der Waals surface area contributed by atoms with Crippen LogP contribution in [0.3, 0.4) is 0 Å². The number of benzene rings is 1. The minimum Gasteiger partial charge on any atom is -0.489 e. The molecule has 2 nitrogen and oxygen atoms in total. The molecule has 0 spiro atoms. The SMILES string of the molecule is Cc1ccc(OC/C=C/Cl)c(C(C)O)c1. The molecule has 1 rings (SSSR count). The fourth-order valence-electron chi connectivity index (χ4n) is 1.30. The average Bonchev–Trinajstić information content (AvgIpc) is 2.20. The number of ether oxygens (including phenoxy) is 1. The highest BCUT2D eigenvalue weighted by molar-refractivity contribution is 6.25. The summed E-state index contributed by atoms with van der Waals surface area (Å²) in [6.45, 7) is 4.11. The van der Waals surface area contributed by atoms with Gasteiger partial charge in [0.1, 0.15) is 12.4 Å². The summed E-state index contributed by atoms with van der Waals surface area (Å²) in [6, 6.07) is 5.73. The van der Waals surface area contributed by atoms with Crippen LogP contribution < -0.4 is 4.74 Å². The standard InChI is InChI=1S/C12H15ClO2/c1-9-4-5-12(15-7-3-6-13)11(8-9)10(2)14/h3-6,8,10,14H,7H2,1-2H3/b6-3+. The summed E-state index contributed by atoms with van der Waals surface area (Å²) in [5.41, 5.74) is 3.32. The fourth-order valence-corrected chi connectivity index (χ4v) is 1.37. The zero-order chi connectivity index (χ0) is 11.3. The van der Waals surface area contributed by atoms with Crippen LogP contribution in [-0.4, -0.2) is 11.7 Å². The summed E-state index contributed by atoms with van der Waals surface area (Å²) >= 11 is 5.39. The van der Waals surface area contributed by atoms with Crippen molar-refractivity contribution in [1.29, 1.82) is 0 Å². The lowest BCUT2D eigenvalue weighted by atomic mass is 10.1. The van der Waals surface area contributed by atoms with Gasteiger partial charge in [0.15, 0.2) is 0 Å². The predicted octanol–water partition coefficient (Wildman–Crippen LogP) is 3.18. The van der Waals surface area contributed by atoms with Gasteiger partial charge in [-0.3, -0.25) is 0 Å². The van der Waals surface area contributed by atoms with Gasteiger partial charge in [0.05, 0.1) is 6.10 Å². The van der Waals surface area contributed by atoms with Crippen LogP contribution in [0, 0.1) is 6.92 Å². The van der Waals surface area contributed by atoms with Gasteiger partial charge in [-0.2, -0.15) is 0 Å². The first-order chi connectivity index (χ1) is 7.15. The van der Waals surface area contributed by atoms with Crippen molar-refractivity contribution in [3.8, 4) is 5.75 Å². The van der Waals surface area contributed by atoms with Crippen molar-refractivity contribution < 1.29 is 9.84 Å². The Kier molecular flexibility index (Phi) is 4.66. The van der Waals surface area contributed by atoms with E-state index in [4.69, 9.17) is 16.3 Å². The van der Waals surface area contributed by atoms with Gasteiger partial charge < -0.3 is 9.84 Å². The lowest BCUT2D eigenvalue weighted by Crippen LogP contribution is -2.00. The summed E-state index contributed by atoms with van der Waals surface area (Å²) in [4.78, 5) is 0. The first-order valence-electron chi connectivity index (χ1n) is 4.81. The molecule has 0 aliphatic heterocycles. The van der Waals surface area contributed by atoms with Gasteiger partial charge in [-0.1, -0.05) is 23.2 Å². The van der Waals surface area contributed by atoms with Crippen LogP contribution in [0.25, 0.3) is 0 Å². The Labute approximate surface area is 95.1 Å². The summed E-state index contributed by atoms with van der Waals surface area (Å²) in [7, 11) is 0. The second-order valence-corrected chi connectivity index (χ2v) is 3.64. The molecule has 1 N–H and O–H groups in total. The summed E-state index contributed by atoms with van der Waals surface area (Å²) in [5.74, 6) is 0.699. The highest BCUT2D eigenvalue weighted by Crippen LogP contribution is 2.26. The van der Waals surface area contributed by atoms with E-state index >= 15 is 0 Å². The summed E-state index contributed by atoms with van der Waals surface area (Å²) < 4.78 is 5.46. The molecule has 0 aliphatic carbocycles. The highest BCUT2D eigenvalue weighted by Gasteiger charge is 2.08. The van der Waals surface area contributed by atoms with Crippen LogP contribution in [0.15, 0.2) is 29.8 Å². The number of aliphatic hydroxyl groups excluding tert-OH is 1. The molecule has 15 heavy (non-hydrogen) atoms. The van der Waals surface area contributed by atoms with Gasteiger partial charge in [0.2, 0.25) is 0 Å². The molecule has 0 aromatic heterocycles. The van der Waals surface area contributed by atoms with E-state index < -0.39 is 6.10 Å². The molecule has 3 heteroatoms. The Balaban J connectivity index is 2.85. The van der Waals surface area contributed by atoms with Gasteiger partial charge >= 0.3 is 0 Å². The maximum absolute atomic E-state index is 9.56.